The number of primary amides is 1. The molecule has 5 nitrogen and oxygen atoms in total. The van der Waals surface area contributed by atoms with Crippen molar-refractivity contribution in [3.63, 3.8) is 0 Å². The lowest BCUT2D eigenvalue weighted by molar-refractivity contribution is -0.118. The minimum absolute atomic E-state index is 0.219. The third kappa shape index (κ3) is 2.88. The van der Waals surface area contributed by atoms with Crippen molar-refractivity contribution in [3.05, 3.63) is 23.8 Å². The predicted octanol–water partition coefficient (Wildman–Crippen LogP) is 1.10. The Balaban J connectivity index is 1.95. The number of hydrogen-bond donors (Lipinski definition) is 2. The standard InChI is InChI=1S/C12H15NO4/c13-12(15)3-1-2-9(14)8-4-5-10-11(6-8)17-7-16-10/h4-6,9,14H,1-3,7H2,(H2,13,15). The fourth-order valence-corrected chi connectivity index (χ4v) is 1.76. The molecule has 1 atom stereocenters. The van der Waals surface area contributed by atoms with E-state index in [-0.39, 0.29) is 12.7 Å². The number of benzene rings is 1. The van der Waals surface area contributed by atoms with Gasteiger partial charge in [0, 0.05) is 6.42 Å². The van der Waals surface area contributed by atoms with Gasteiger partial charge in [0.05, 0.1) is 6.10 Å². The topological polar surface area (TPSA) is 81.8 Å². The lowest BCUT2D eigenvalue weighted by atomic mass is 10.0. The molecule has 1 heterocycles. The van der Waals surface area contributed by atoms with Gasteiger partial charge < -0.3 is 20.3 Å². The number of aliphatic hydroxyl groups is 1. The van der Waals surface area contributed by atoms with Crippen molar-refractivity contribution in [2.75, 3.05) is 6.79 Å². The number of carbonyl (C=O) groups is 1. The Morgan fingerprint density at radius 3 is 2.94 bits per heavy atom. The summed E-state index contributed by atoms with van der Waals surface area (Å²) >= 11 is 0. The second-order valence-corrected chi connectivity index (χ2v) is 3.99. The van der Waals surface area contributed by atoms with Crippen LogP contribution in [0.4, 0.5) is 0 Å². The number of ether oxygens (including phenoxy) is 2. The largest absolute Gasteiger partial charge is 0.454 e. The molecule has 0 bridgehead atoms. The van der Waals surface area contributed by atoms with Crippen LogP contribution in [0.15, 0.2) is 18.2 Å². The van der Waals surface area contributed by atoms with Crippen molar-refractivity contribution in [2.45, 2.75) is 25.4 Å². The van der Waals surface area contributed by atoms with Crippen LogP contribution < -0.4 is 15.2 Å². The number of carbonyl (C=O) groups excluding carboxylic acids is 1. The summed E-state index contributed by atoms with van der Waals surface area (Å²) < 4.78 is 10.4. The summed E-state index contributed by atoms with van der Waals surface area (Å²) in [6.45, 7) is 0.219. The van der Waals surface area contributed by atoms with Crippen LogP contribution >= 0.6 is 0 Å². The van der Waals surface area contributed by atoms with Gasteiger partial charge in [-0.3, -0.25) is 4.79 Å². The highest BCUT2D eigenvalue weighted by Crippen LogP contribution is 2.34. The Bertz CT molecular complexity index is 419. The van der Waals surface area contributed by atoms with Crippen LogP contribution in [0.1, 0.15) is 30.9 Å². The second-order valence-electron chi connectivity index (χ2n) is 3.99. The first-order chi connectivity index (χ1) is 8.16. The lowest BCUT2D eigenvalue weighted by Crippen LogP contribution is -2.10. The highest BCUT2D eigenvalue weighted by atomic mass is 16.7. The van der Waals surface area contributed by atoms with Crippen LogP contribution in [-0.4, -0.2) is 17.8 Å². The molecule has 0 aromatic heterocycles. The van der Waals surface area contributed by atoms with Crippen molar-refractivity contribution >= 4 is 5.91 Å². The minimum atomic E-state index is -0.608. The molecule has 1 amide bonds. The SMILES string of the molecule is NC(=O)CCCC(O)c1ccc2c(c1)OCO2. The number of aliphatic hydroxyl groups excluding tert-OH is 1. The number of nitrogens with two attached hydrogens (primary N) is 1. The highest BCUT2D eigenvalue weighted by Gasteiger charge is 2.16. The van der Waals surface area contributed by atoms with Crippen LogP contribution in [0.5, 0.6) is 11.5 Å². The van der Waals surface area contributed by atoms with Gasteiger partial charge in [-0.15, -0.1) is 0 Å². The Morgan fingerprint density at radius 1 is 1.41 bits per heavy atom. The van der Waals surface area contributed by atoms with Crippen molar-refractivity contribution < 1.29 is 19.4 Å². The van der Waals surface area contributed by atoms with Gasteiger partial charge in [0.2, 0.25) is 12.7 Å². The van der Waals surface area contributed by atoms with E-state index in [4.69, 9.17) is 15.2 Å². The lowest BCUT2D eigenvalue weighted by Gasteiger charge is -2.10. The maximum absolute atomic E-state index is 10.6. The maximum atomic E-state index is 10.6. The van der Waals surface area contributed by atoms with E-state index in [0.717, 1.165) is 5.56 Å². The van der Waals surface area contributed by atoms with Crippen LogP contribution in [0.25, 0.3) is 0 Å². The van der Waals surface area contributed by atoms with E-state index >= 15 is 0 Å². The molecule has 1 unspecified atom stereocenters. The van der Waals surface area contributed by atoms with Crippen molar-refractivity contribution in [3.8, 4) is 11.5 Å². The van der Waals surface area contributed by atoms with Crippen molar-refractivity contribution in [1.82, 2.24) is 0 Å². The third-order valence-corrected chi connectivity index (χ3v) is 2.68. The molecular weight excluding hydrogens is 222 g/mol. The molecular formula is C12H15NO4. The molecule has 5 heteroatoms. The quantitative estimate of drug-likeness (QED) is 0.803. The Labute approximate surface area is 99.1 Å². The molecule has 92 valence electrons. The molecule has 1 aliphatic heterocycles. The normalized spacial score (nSPS) is 14.6. The number of fused-ring (bicyclic) bond motifs is 1. The van der Waals surface area contributed by atoms with Crippen molar-refractivity contribution in [1.29, 1.82) is 0 Å². The summed E-state index contributed by atoms with van der Waals surface area (Å²) in [6, 6.07) is 5.33. The molecule has 0 spiro atoms. The zero-order valence-electron chi connectivity index (χ0n) is 9.39. The molecule has 0 fully saturated rings. The molecule has 3 N–H and O–H groups in total. The summed E-state index contributed by atoms with van der Waals surface area (Å²) in [6.07, 6.45) is 0.763. The van der Waals surface area contributed by atoms with Gasteiger partial charge in [0.25, 0.3) is 0 Å². The summed E-state index contributed by atoms with van der Waals surface area (Å²) in [5.74, 6) is 0.998. The van der Waals surface area contributed by atoms with Crippen LogP contribution in [-0.2, 0) is 4.79 Å². The molecule has 0 saturated heterocycles. The fraction of sp³-hybridized carbons (Fsp3) is 0.417. The van der Waals surface area contributed by atoms with Crippen LogP contribution in [0, 0.1) is 0 Å². The van der Waals surface area contributed by atoms with Crippen molar-refractivity contribution in [2.24, 2.45) is 5.73 Å². The molecule has 1 aromatic rings. The van der Waals surface area contributed by atoms with Crippen LogP contribution in [0.3, 0.4) is 0 Å². The molecule has 17 heavy (non-hydrogen) atoms. The number of rotatable bonds is 5. The van der Waals surface area contributed by atoms with Crippen LogP contribution in [0.2, 0.25) is 0 Å². The second kappa shape index (κ2) is 5.05. The first-order valence-electron chi connectivity index (χ1n) is 5.53. The van der Waals surface area contributed by atoms with Gasteiger partial charge in [0.1, 0.15) is 0 Å². The van der Waals surface area contributed by atoms with E-state index in [1.807, 2.05) is 0 Å². The highest BCUT2D eigenvalue weighted by molar-refractivity contribution is 5.73. The van der Waals surface area contributed by atoms with E-state index in [1.54, 1.807) is 18.2 Å². The predicted molar refractivity (Wildman–Crippen MR) is 60.6 cm³/mol. The first kappa shape index (κ1) is 11.7. The van der Waals surface area contributed by atoms with E-state index in [0.29, 0.717) is 30.8 Å². The van der Waals surface area contributed by atoms with Gasteiger partial charge in [-0.2, -0.15) is 0 Å². The monoisotopic (exact) mass is 237 g/mol. The number of amides is 1. The Kier molecular flexibility index (Phi) is 3.49. The zero-order valence-corrected chi connectivity index (χ0v) is 9.39. The molecule has 2 rings (SSSR count). The van der Waals surface area contributed by atoms with Gasteiger partial charge in [0.15, 0.2) is 11.5 Å². The Morgan fingerprint density at radius 2 is 2.18 bits per heavy atom. The first-order valence-corrected chi connectivity index (χ1v) is 5.53. The average molecular weight is 237 g/mol. The summed E-state index contributed by atoms with van der Waals surface area (Å²) in [5.41, 5.74) is 5.80. The van der Waals surface area contributed by atoms with E-state index in [1.165, 1.54) is 0 Å². The van der Waals surface area contributed by atoms with Gasteiger partial charge in [-0.25, -0.2) is 0 Å². The Hall–Kier alpha value is -1.75. The fourth-order valence-electron chi connectivity index (χ4n) is 1.76. The van der Waals surface area contributed by atoms with Gasteiger partial charge in [-0.05, 0) is 30.5 Å². The summed E-state index contributed by atoms with van der Waals surface area (Å²) in [7, 11) is 0. The van der Waals surface area contributed by atoms with Gasteiger partial charge >= 0.3 is 0 Å². The maximum Gasteiger partial charge on any atom is 0.231 e. The zero-order chi connectivity index (χ0) is 12.3. The molecule has 0 radical (unpaired) electrons. The molecule has 1 aromatic carbocycles. The molecule has 0 aliphatic carbocycles. The smallest absolute Gasteiger partial charge is 0.231 e. The van der Waals surface area contributed by atoms with Gasteiger partial charge in [-0.1, -0.05) is 6.07 Å². The summed E-state index contributed by atoms with van der Waals surface area (Å²) in [5, 5.41) is 9.92. The minimum Gasteiger partial charge on any atom is -0.454 e. The van der Waals surface area contributed by atoms with E-state index in [2.05, 4.69) is 0 Å². The third-order valence-electron chi connectivity index (χ3n) is 2.68. The summed E-state index contributed by atoms with van der Waals surface area (Å²) in [4.78, 5) is 10.6. The molecule has 1 aliphatic rings. The number of hydrogen-bond acceptors (Lipinski definition) is 4. The molecule has 0 saturated carbocycles. The van der Waals surface area contributed by atoms with E-state index < -0.39 is 6.10 Å². The average Bonchev–Trinajstić information content (AvgIpc) is 2.75. The van der Waals surface area contributed by atoms with E-state index in [9.17, 15) is 9.90 Å².